The number of anilines is 2. The van der Waals surface area contributed by atoms with E-state index < -0.39 is 5.82 Å². The van der Waals surface area contributed by atoms with Crippen molar-refractivity contribution in [3.8, 4) is 17.0 Å². The first-order chi connectivity index (χ1) is 16.9. The Balaban J connectivity index is 0.00000167. The molecule has 1 fully saturated rings. The number of aryl methyl sites for hydroxylation is 1. The maximum atomic E-state index is 14.7. The first-order valence-electron chi connectivity index (χ1n) is 11.8. The third-order valence-electron chi connectivity index (χ3n) is 5.58. The molecular weight excluding hydrogens is 445 g/mol. The van der Waals surface area contributed by atoms with Gasteiger partial charge < -0.3 is 10.1 Å². The SMILES string of the molecule is CC.CC=NC(=N)c1cccc(Nc2cc(-c3c(C)cccc3F)nn(CC3CC3)c2=O)c1OC. The van der Waals surface area contributed by atoms with E-state index in [-0.39, 0.29) is 17.1 Å². The van der Waals surface area contributed by atoms with Gasteiger partial charge in [0.05, 0.1) is 24.1 Å². The van der Waals surface area contributed by atoms with Gasteiger partial charge in [0.1, 0.15) is 11.5 Å². The Morgan fingerprint density at radius 1 is 1.26 bits per heavy atom. The van der Waals surface area contributed by atoms with Crippen LogP contribution in [0.15, 0.2) is 52.3 Å². The van der Waals surface area contributed by atoms with Gasteiger partial charge in [0, 0.05) is 18.3 Å². The number of nitrogens with zero attached hydrogens (tertiary/aromatic N) is 3. The second kappa shape index (κ2) is 11.6. The number of amidine groups is 1. The zero-order valence-corrected chi connectivity index (χ0v) is 20.9. The number of aromatic nitrogens is 2. The molecule has 1 heterocycles. The van der Waals surface area contributed by atoms with Crippen molar-refractivity contribution in [2.24, 2.45) is 10.9 Å². The number of aliphatic imine (C=N–C) groups is 1. The predicted molar refractivity (Wildman–Crippen MR) is 140 cm³/mol. The normalized spacial score (nSPS) is 12.7. The van der Waals surface area contributed by atoms with Crippen LogP contribution in [-0.2, 0) is 6.54 Å². The summed E-state index contributed by atoms with van der Waals surface area (Å²) in [6.07, 6.45) is 3.63. The molecule has 1 aromatic heterocycles. The molecule has 0 aliphatic heterocycles. The summed E-state index contributed by atoms with van der Waals surface area (Å²) in [4.78, 5) is 17.3. The number of halogens is 1. The zero-order valence-electron chi connectivity index (χ0n) is 20.9. The number of hydrogen-bond acceptors (Lipinski definition) is 5. The first kappa shape index (κ1) is 25.8. The summed E-state index contributed by atoms with van der Waals surface area (Å²) in [5, 5.41) is 15.8. The van der Waals surface area contributed by atoms with E-state index in [2.05, 4.69) is 15.4 Å². The molecule has 8 heteroatoms. The van der Waals surface area contributed by atoms with E-state index in [1.54, 1.807) is 37.3 Å². The van der Waals surface area contributed by atoms with E-state index in [9.17, 15) is 9.18 Å². The number of ether oxygens (including phenoxy) is 1. The molecule has 4 rings (SSSR count). The Bertz CT molecular complexity index is 1270. The van der Waals surface area contributed by atoms with Crippen LogP contribution < -0.4 is 15.6 Å². The lowest BCUT2D eigenvalue weighted by Crippen LogP contribution is -2.26. The minimum Gasteiger partial charge on any atom is -0.494 e. The van der Waals surface area contributed by atoms with E-state index >= 15 is 0 Å². The van der Waals surface area contributed by atoms with E-state index in [1.807, 2.05) is 26.8 Å². The minimum absolute atomic E-state index is 0.0431. The van der Waals surface area contributed by atoms with Crippen molar-refractivity contribution in [1.29, 1.82) is 5.41 Å². The first-order valence-corrected chi connectivity index (χ1v) is 11.8. The highest BCUT2D eigenvalue weighted by molar-refractivity contribution is 6.04. The van der Waals surface area contributed by atoms with Crippen LogP contribution in [0.3, 0.4) is 0 Å². The Kier molecular flexibility index (Phi) is 8.52. The van der Waals surface area contributed by atoms with Crippen LogP contribution >= 0.6 is 0 Å². The largest absolute Gasteiger partial charge is 0.494 e. The van der Waals surface area contributed by atoms with Gasteiger partial charge in [-0.2, -0.15) is 5.10 Å². The van der Waals surface area contributed by atoms with Crippen molar-refractivity contribution in [3.63, 3.8) is 0 Å². The van der Waals surface area contributed by atoms with E-state index in [1.165, 1.54) is 24.1 Å². The quantitative estimate of drug-likeness (QED) is 0.324. The number of para-hydroxylation sites is 1. The average Bonchev–Trinajstić information content (AvgIpc) is 3.67. The topological polar surface area (TPSA) is 92.4 Å². The van der Waals surface area contributed by atoms with Gasteiger partial charge >= 0.3 is 0 Å². The lowest BCUT2D eigenvalue weighted by molar-refractivity contribution is 0.416. The highest BCUT2D eigenvalue weighted by atomic mass is 19.1. The number of nitrogens with one attached hydrogen (secondary N) is 2. The van der Waals surface area contributed by atoms with Crippen molar-refractivity contribution < 1.29 is 9.13 Å². The summed E-state index contributed by atoms with van der Waals surface area (Å²) in [6.45, 7) is 8.03. The molecule has 1 aliphatic carbocycles. The van der Waals surface area contributed by atoms with Gasteiger partial charge in [-0.05, 0) is 62.4 Å². The Morgan fingerprint density at radius 2 is 1.97 bits per heavy atom. The molecule has 1 aliphatic rings. The van der Waals surface area contributed by atoms with Gasteiger partial charge in [0.15, 0.2) is 11.6 Å². The number of hydrogen-bond donors (Lipinski definition) is 2. The third kappa shape index (κ3) is 5.82. The van der Waals surface area contributed by atoms with Gasteiger partial charge in [-0.3, -0.25) is 10.2 Å². The van der Waals surface area contributed by atoms with E-state index in [4.69, 9.17) is 10.1 Å². The number of rotatable bonds is 7. The monoisotopic (exact) mass is 477 g/mol. The van der Waals surface area contributed by atoms with Crippen LogP contribution in [0.2, 0.25) is 0 Å². The third-order valence-corrected chi connectivity index (χ3v) is 5.58. The summed E-state index contributed by atoms with van der Waals surface area (Å²) >= 11 is 0. The van der Waals surface area contributed by atoms with Crippen molar-refractivity contribution in [2.75, 3.05) is 12.4 Å². The highest BCUT2D eigenvalue weighted by Crippen LogP contribution is 2.34. The Hall–Kier alpha value is -3.81. The zero-order chi connectivity index (χ0) is 25.5. The average molecular weight is 478 g/mol. The van der Waals surface area contributed by atoms with Gasteiger partial charge in [-0.25, -0.2) is 14.1 Å². The van der Waals surface area contributed by atoms with Crippen LogP contribution in [0, 0.1) is 24.1 Å². The molecule has 0 unspecified atom stereocenters. The lowest BCUT2D eigenvalue weighted by atomic mass is 10.0. The van der Waals surface area contributed by atoms with Crippen LogP contribution in [0.4, 0.5) is 15.8 Å². The predicted octanol–water partition coefficient (Wildman–Crippen LogP) is 5.96. The number of methoxy groups -OCH3 is 1. The van der Waals surface area contributed by atoms with Crippen molar-refractivity contribution in [3.05, 3.63) is 69.8 Å². The molecule has 0 bridgehead atoms. The smallest absolute Gasteiger partial charge is 0.290 e. The Morgan fingerprint density at radius 3 is 2.60 bits per heavy atom. The van der Waals surface area contributed by atoms with Gasteiger partial charge in [-0.15, -0.1) is 0 Å². The van der Waals surface area contributed by atoms with Crippen molar-refractivity contribution in [2.45, 2.75) is 47.1 Å². The number of benzene rings is 2. The molecule has 2 N–H and O–H groups in total. The van der Waals surface area contributed by atoms with Crippen molar-refractivity contribution in [1.82, 2.24) is 9.78 Å². The second-order valence-corrected chi connectivity index (χ2v) is 8.05. The lowest BCUT2D eigenvalue weighted by Gasteiger charge is -2.16. The molecule has 0 spiro atoms. The van der Waals surface area contributed by atoms with Crippen LogP contribution in [0.25, 0.3) is 11.3 Å². The summed E-state index contributed by atoms with van der Waals surface area (Å²) in [6, 6.07) is 11.7. The van der Waals surface area contributed by atoms with Gasteiger partial charge in [0.2, 0.25) is 0 Å². The minimum atomic E-state index is -0.393. The van der Waals surface area contributed by atoms with Crippen LogP contribution in [0.5, 0.6) is 5.75 Å². The molecular formula is C27H32FN5O2. The molecule has 0 amide bonds. The van der Waals surface area contributed by atoms with Crippen molar-refractivity contribution >= 4 is 23.4 Å². The van der Waals surface area contributed by atoms with Gasteiger partial charge in [-0.1, -0.05) is 32.0 Å². The summed E-state index contributed by atoms with van der Waals surface area (Å²) in [7, 11) is 1.50. The molecule has 35 heavy (non-hydrogen) atoms. The maximum absolute atomic E-state index is 14.7. The molecule has 1 saturated carbocycles. The fourth-order valence-electron chi connectivity index (χ4n) is 3.76. The molecule has 0 atom stereocenters. The maximum Gasteiger partial charge on any atom is 0.290 e. The fourth-order valence-corrected chi connectivity index (χ4v) is 3.76. The molecule has 0 saturated heterocycles. The molecule has 184 valence electrons. The Labute approximate surface area is 205 Å². The van der Waals surface area contributed by atoms with Crippen LogP contribution in [-0.4, -0.2) is 28.9 Å². The molecule has 2 aromatic carbocycles. The standard InChI is InChI=1S/C25H26FN5O2.C2H6/c1-4-28-24(27)17-8-6-10-19(23(17)33-3)29-21-13-20(22-15(2)7-5-9-18(22)26)30-31(25(21)32)14-16-11-12-16;1-2/h4-10,13,16,27,29H,11-12,14H2,1-3H3;1-2H3. The summed E-state index contributed by atoms with van der Waals surface area (Å²) < 4.78 is 21.7. The van der Waals surface area contributed by atoms with Crippen LogP contribution in [0.1, 0.15) is 44.7 Å². The van der Waals surface area contributed by atoms with E-state index in [0.717, 1.165) is 18.4 Å². The van der Waals surface area contributed by atoms with E-state index in [0.29, 0.717) is 40.7 Å². The molecule has 0 radical (unpaired) electrons. The fraction of sp³-hybridized carbons (Fsp3) is 0.333. The molecule has 3 aromatic rings. The molecule has 7 nitrogen and oxygen atoms in total. The summed E-state index contributed by atoms with van der Waals surface area (Å²) in [5.74, 6) is 0.448. The van der Waals surface area contributed by atoms with Gasteiger partial charge in [0.25, 0.3) is 5.56 Å². The summed E-state index contributed by atoms with van der Waals surface area (Å²) in [5.41, 5.74) is 2.42. The second-order valence-electron chi connectivity index (χ2n) is 8.05. The highest BCUT2D eigenvalue weighted by Gasteiger charge is 2.25.